The Bertz CT molecular complexity index is 394. The summed E-state index contributed by atoms with van der Waals surface area (Å²) in [5.41, 5.74) is 0. The van der Waals surface area contributed by atoms with Gasteiger partial charge in [-0.15, -0.1) is 0 Å². The monoisotopic (exact) mass is 336 g/mol. The first kappa shape index (κ1) is 21.8. The second-order valence-electron chi connectivity index (χ2n) is 5.58. The quantitative estimate of drug-likeness (QED) is 0.173. The third kappa shape index (κ3) is 18.7. The Morgan fingerprint density at radius 2 is 1.70 bits per heavy atom. The number of carboxylic acids is 1. The Balaban J connectivity index is 3.59. The van der Waals surface area contributed by atoms with Crippen LogP contribution in [0.3, 0.4) is 0 Å². The summed E-state index contributed by atoms with van der Waals surface area (Å²) >= 11 is 4.41. The molecule has 0 aliphatic rings. The largest absolute Gasteiger partial charge is 0.481 e. The Hall–Kier alpha value is -1.22. The highest BCUT2D eigenvalue weighted by Gasteiger charge is 2.00. The fourth-order valence-electron chi connectivity index (χ4n) is 1.98. The van der Waals surface area contributed by atoms with E-state index in [4.69, 9.17) is 5.11 Å². The molecule has 130 valence electrons. The molecule has 0 spiro atoms. The van der Waals surface area contributed by atoms with Crippen LogP contribution in [-0.4, -0.2) is 16.3 Å². The number of aliphatic carboxylic acids is 1. The highest BCUT2D eigenvalue weighted by Crippen LogP contribution is 2.08. The van der Waals surface area contributed by atoms with E-state index in [2.05, 4.69) is 49.9 Å². The molecule has 0 heterocycles. The highest BCUT2D eigenvalue weighted by molar-refractivity contribution is 7.81. The fraction of sp³-hybridized carbons (Fsp3) is 0.550. The van der Waals surface area contributed by atoms with Crippen LogP contribution in [0.15, 0.2) is 48.6 Å². The topological polar surface area (TPSA) is 37.3 Å². The van der Waals surface area contributed by atoms with Gasteiger partial charge in [-0.25, -0.2) is 0 Å². The Kier molecular flexibility index (Phi) is 16.2. The van der Waals surface area contributed by atoms with Gasteiger partial charge < -0.3 is 5.11 Å². The van der Waals surface area contributed by atoms with Crippen molar-refractivity contribution in [2.24, 2.45) is 0 Å². The smallest absolute Gasteiger partial charge is 0.303 e. The van der Waals surface area contributed by atoms with Crippen molar-refractivity contribution in [1.82, 2.24) is 0 Å². The predicted molar refractivity (Wildman–Crippen MR) is 104 cm³/mol. The van der Waals surface area contributed by atoms with Gasteiger partial charge in [-0.2, -0.15) is 12.6 Å². The average molecular weight is 337 g/mol. The Morgan fingerprint density at radius 1 is 1.00 bits per heavy atom. The first-order valence-electron chi connectivity index (χ1n) is 8.70. The van der Waals surface area contributed by atoms with Crippen LogP contribution in [0.1, 0.15) is 64.7 Å². The molecule has 23 heavy (non-hydrogen) atoms. The van der Waals surface area contributed by atoms with Gasteiger partial charge >= 0.3 is 5.97 Å². The van der Waals surface area contributed by atoms with Crippen LogP contribution in [0.25, 0.3) is 0 Å². The van der Waals surface area contributed by atoms with Gasteiger partial charge in [0.25, 0.3) is 0 Å². The minimum atomic E-state index is -0.739. The van der Waals surface area contributed by atoms with Gasteiger partial charge in [0.2, 0.25) is 0 Å². The lowest BCUT2D eigenvalue weighted by molar-refractivity contribution is -0.137. The molecule has 3 heteroatoms. The van der Waals surface area contributed by atoms with E-state index in [9.17, 15) is 4.79 Å². The van der Waals surface area contributed by atoms with E-state index in [0.717, 1.165) is 19.3 Å². The van der Waals surface area contributed by atoms with Gasteiger partial charge in [0, 0.05) is 11.7 Å². The molecule has 1 unspecified atom stereocenters. The molecule has 0 aliphatic heterocycles. The lowest BCUT2D eigenvalue weighted by atomic mass is 10.2. The van der Waals surface area contributed by atoms with Crippen molar-refractivity contribution in [2.75, 3.05) is 0 Å². The number of hydrogen-bond acceptors (Lipinski definition) is 2. The van der Waals surface area contributed by atoms with Crippen LogP contribution in [0, 0.1) is 0 Å². The molecule has 1 N–H and O–H groups in total. The zero-order chi connectivity index (χ0) is 17.2. The summed E-state index contributed by atoms with van der Waals surface area (Å²) in [6.07, 6.45) is 25.7. The molecular formula is C20H32O2S. The van der Waals surface area contributed by atoms with E-state index in [1.54, 1.807) is 0 Å². The van der Waals surface area contributed by atoms with Gasteiger partial charge in [0.15, 0.2) is 0 Å². The molecule has 0 rings (SSSR count). The molecule has 0 amide bonds. The van der Waals surface area contributed by atoms with Crippen molar-refractivity contribution in [1.29, 1.82) is 0 Å². The maximum absolute atomic E-state index is 10.4. The molecule has 0 aromatic rings. The Morgan fingerprint density at radius 3 is 2.39 bits per heavy atom. The predicted octanol–water partition coefficient (Wildman–Crippen LogP) is 6.13. The first-order chi connectivity index (χ1) is 11.2. The summed E-state index contributed by atoms with van der Waals surface area (Å²) in [5.74, 6) is -0.739. The second kappa shape index (κ2) is 17.1. The number of hydrogen-bond donors (Lipinski definition) is 2. The number of rotatable bonds is 14. The number of unbranched alkanes of at least 4 members (excludes halogenated alkanes) is 3. The van der Waals surface area contributed by atoms with Crippen LogP contribution < -0.4 is 0 Å². The normalized spacial score (nSPS) is 13.8. The van der Waals surface area contributed by atoms with Crippen molar-refractivity contribution in [3.05, 3.63) is 48.6 Å². The standard InChI is InChI=1S/C20H32O2S/c1-2-3-4-5-6-7-8-9-10-11-12-13-14-16-19(23)17-15-18-20(21)22/h6-7,9-10,12-14,16,19,23H,2-5,8,11,15,17-18H2,1H3,(H,21,22)/b7-6-,10-9-,13-12-,16-14+. The third-order valence-electron chi connectivity index (χ3n) is 3.32. The Labute approximate surface area is 147 Å². The molecule has 0 radical (unpaired) electrons. The van der Waals surface area contributed by atoms with Crippen molar-refractivity contribution in [2.45, 2.75) is 70.0 Å². The number of thiol groups is 1. The van der Waals surface area contributed by atoms with Crippen molar-refractivity contribution < 1.29 is 9.90 Å². The average Bonchev–Trinajstić information content (AvgIpc) is 2.51. The summed E-state index contributed by atoms with van der Waals surface area (Å²) in [6.45, 7) is 2.23. The van der Waals surface area contributed by atoms with Gasteiger partial charge in [0.05, 0.1) is 0 Å². The van der Waals surface area contributed by atoms with Crippen molar-refractivity contribution in [3.8, 4) is 0 Å². The van der Waals surface area contributed by atoms with E-state index < -0.39 is 5.97 Å². The third-order valence-corrected chi connectivity index (χ3v) is 3.75. The molecular weight excluding hydrogens is 304 g/mol. The fourth-order valence-corrected chi connectivity index (χ4v) is 2.27. The maximum Gasteiger partial charge on any atom is 0.303 e. The van der Waals surface area contributed by atoms with Crippen molar-refractivity contribution in [3.63, 3.8) is 0 Å². The number of carbonyl (C=O) groups is 1. The number of carboxylic acid groups (broad SMARTS) is 1. The minimum absolute atomic E-state index is 0.132. The lowest BCUT2D eigenvalue weighted by Crippen LogP contribution is -1.98. The second-order valence-corrected chi connectivity index (χ2v) is 6.24. The maximum atomic E-state index is 10.4. The molecule has 0 fully saturated rings. The van der Waals surface area contributed by atoms with Crippen LogP contribution >= 0.6 is 12.6 Å². The summed E-state index contributed by atoms with van der Waals surface area (Å²) in [4.78, 5) is 10.4. The highest BCUT2D eigenvalue weighted by atomic mass is 32.1. The van der Waals surface area contributed by atoms with Crippen LogP contribution in [-0.2, 0) is 4.79 Å². The zero-order valence-electron chi connectivity index (χ0n) is 14.4. The van der Waals surface area contributed by atoms with E-state index >= 15 is 0 Å². The lowest BCUT2D eigenvalue weighted by Gasteiger charge is -2.02. The molecule has 0 aliphatic carbocycles. The first-order valence-corrected chi connectivity index (χ1v) is 9.21. The summed E-state index contributed by atoms with van der Waals surface area (Å²) in [5, 5.41) is 8.69. The number of allylic oxidation sites excluding steroid dienone is 7. The molecule has 0 aromatic heterocycles. The molecule has 2 nitrogen and oxygen atoms in total. The van der Waals surface area contributed by atoms with Crippen LogP contribution in [0.4, 0.5) is 0 Å². The molecule has 0 bridgehead atoms. The van der Waals surface area contributed by atoms with Crippen LogP contribution in [0.2, 0.25) is 0 Å². The summed E-state index contributed by atoms with van der Waals surface area (Å²) in [7, 11) is 0. The zero-order valence-corrected chi connectivity index (χ0v) is 15.3. The SMILES string of the molecule is CCCCC/C=C\C/C=C\C/C=C\C=C\C(S)CCCC(=O)O. The molecule has 0 aromatic carbocycles. The van der Waals surface area contributed by atoms with Crippen LogP contribution in [0.5, 0.6) is 0 Å². The van der Waals surface area contributed by atoms with Gasteiger partial charge in [-0.05, 0) is 38.5 Å². The van der Waals surface area contributed by atoms with E-state index in [0.29, 0.717) is 6.42 Å². The van der Waals surface area contributed by atoms with E-state index in [1.165, 1.54) is 25.7 Å². The van der Waals surface area contributed by atoms with E-state index in [1.807, 2.05) is 18.2 Å². The summed E-state index contributed by atoms with van der Waals surface area (Å²) < 4.78 is 0. The molecule has 0 saturated heterocycles. The van der Waals surface area contributed by atoms with Gasteiger partial charge in [0.1, 0.15) is 0 Å². The molecule has 1 atom stereocenters. The summed E-state index contributed by atoms with van der Waals surface area (Å²) in [6, 6.07) is 0. The molecule has 0 saturated carbocycles. The van der Waals surface area contributed by atoms with Gasteiger partial charge in [-0.3, -0.25) is 4.79 Å². The van der Waals surface area contributed by atoms with Crippen molar-refractivity contribution >= 4 is 18.6 Å². The minimum Gasteiger partial charge on any atom is -0.481 e. The van der Waals surface area contributed by atoms with E-state index in [-0.39, 0.29) is 11.7 Å². The van der Waals surface area contributed by atoms with Gasteiger partial charge in [-0.1, -0.05) is 68.4 Å².